The molecule has 1 aromatic heterocycles. The van der Waals surface area contributed by atoms with Crippen LogP contribution in [0.25, 0.3) is 11.0 Å². The molecule has 0 bridgehead atoms. The van der Waals surface area contributed by atoms with Gasteiger partial charge >= 0.3 is 0 Å². The monoisotopic (exact) mass is 320 g/mol. The summed E-state index contributed by atoms with van der Waals surface area (Å²) in [4.78, 5) is 3.16. The molecule has 18 heavy (non-hydrogen) atoms. The molecule has 0 spiro atoms. The Kier molecular flexibility index (Phi) is 4.64. The molecule has 1 aromatic carbocycles. The van der Waals surface area contributed by atoms with Crippen molar-refractivity contribution in [1.82, 2.24) is 9.55 Å². The summed E-state index contributed by atoms with van der Waals surface area (Å²) < 4.78 is 2.80. The van der Waals surface area contributed by atoms with Crippen LogP contribution in [0.15, 0.2) is 12.1 Å². The number of nitrogens with one attached hydrogen (secondary N) is 1. The Balaban J connectivity index is 2.41. The van der Waals surface area contributed by atoms with Crippen LogP contribution >= 0.6 is 47.2 Å². The summed E-state index contributed by atoms with van der Waals surface area (Å²) in [5.74, 6) is 0. The predicted octanol–water partition coefficient (Wildman–Crippen LogP) is 5.15. The lowest BCUT2D eigenvalue weighted by Crippen LogP contribution is -2.04. The SMILES string of the molecule is CSC(C)CCn1c(=S)[nH]c2cc(Cl)c(Cl)cc21. The highest BCUT2D eigenvalue weighted by molar-refractivity contribution is 7.99. The van der Waals surface area contributed by atoms with Crippen molar-refractivity contribution in [3.05, 3.63) is 26.9 Å². The number of hydrogen-bond acceptors (Lipinski definition) is 2. The van der Waals surface area contributed by atoms with Gasteiger partial charge in [0.15, 0.2) is 4.77 Å². The maximum atomic E-state index is 6.06. The van der Waals surface area contributed by atoms with Crippen LogP contribution in [0.2, 0.25) is 10.0 Å². The topological polar surface area (TPSA) is 20.7 Å². The van der Waals surface area contributed by atoms with Crippen LogP contribution in [-0.2, 0) is 6.54 Å². The first-order valence-electron chi connectivity index (χ1n) is 5.63. The number of nitrogens with zero attached hydrogens (tertiary/aromatic N) is 1. The Bertz CT molecular complexity index is 618. The highest BCUT2D eigenvalue weighted by Gasteiger charge is 2.09. The normalized spacial score (nSPS) is 13.1. The number of thioether (sulfide) groups is 1. The molecule has 0 saturated carbocycles. The molecule has 2 aromatic rings. The highest BCUT2D eigenvalue weighted by Crippen LogP contribution is 2.28. The smallest absolute Gasteiger partial charge is 0.178 e. The number of aromatic amines is 1. The standard InChI is InChI=1S/C12H14Cl2N2S2/c1-7(18-2)3-4-16-11-6-9(14)8(13)5-10(11)15-12(16)17/h5-7H,3-4H2,1-2H3,(H,15,17). The van der Waals surface area contributed by atoms with Crippen LogP contribution in [-0.4, -0.2) is 21.1 Å². The molecule has 6 heteroatoms. The van der Waals surface area contributed by atoms with Crippen LogP contribution in [0.5, 0.6) is 0 Å². The number of rotatable bonds is 4. The van der Waals surface area contributed by atoms with Gasteiger partial charge in [-0.3, -0.25) is 0 Å². The number of fused-ring (bicyclic) bond motifs is 1. The molecule has 0 aliphatic heterocycles. The lowest BCUT2D eigenvalue weighted by Gasteiger charge is -2.09. The van der Waals surface area contributed by atoms with E-state index < -0.39 is 0 Å². The molecule has 0 aliphatic carbocycles. The van der Waals surface area contributed by atoms with Crippen LogP contribution in [0.1, 0.15) is 13.3 Å². The van der Waals surface area contributed by atoms with E-state index in [0.29, 0.717) is 15.3 Å². The lowest BCUT2D eigenvalue weighted by atomic mass is 10.3. The molecule has 0 radical (unpaired) electrons. The minimum absolute atomic E-state index is 0.546. The molecule has 0 fully saturated rings. The maximum absolute atomic E-state index is 6.06. The van der Waals surface area contributed by atoms with Crippen molar-refractivity contribution >= 4 is 58.2 Å². The number of benzene rings is 1. The van der Waals surface area contributed by atoms with Crippen molar-refractivity contribution in [1.29, 1.82) is 0 Å². The molecule has 2 rings (SSSR count). The van der Waals surface area contributed by atoms with E-state index in [1.807, 2.05) is 23.9 Å². The zero-order valence-corrected chi connectivity index (χ0v) is 13.3. The number of H-pyrrole nitrogens is 1. The van der Waals surface area contributed by atoms with Crippen molar-refractivity contribution in [3.63, 3.8) is 0 Å². The maximum Gasteiger partial charge on any atom is 0.178 e. The summed E-state index contributed by atoms with van der Waals surface area (Å²) in [6.45, 7) is 3.10. The molecule has 1 atom stereocenters. The molecule has 1 heterocycles. The summed E-state index contributed by atoms with van der Waals surface area (Å²) in [6, 6.07) is 3.69. The Morgan fingerprint density at radius 1 is 1.39 bits per heavy atom. The summed E-state index contributed by atoms with van der Waals surface area (Å²) in [5, 5.41) is 1.72. The van der Waals surface area contributed by atoms with E-state index in [9.17, 15) is 0 Å². The highest BCUT2D eigenvalue weighted by atomic mass is 35.5. The number of halogens is 2. The van der Waals surface area contributed by atoms with E-state index >= 15 is 0 Å². The fourth-order valence-electron chi connectivity index (χ4n) is 1.80. The first kappa shape index (κ1) is 14.3. The van der Waals surface area contributed by atoms with Gasteiger partial charge in [-0.05, 0) is 37.0 Å². The molecular formula is C12H14Cl2N2S2. The van der Waals surface area contributed by atoms with Gasteiger partial charge in [0.05, 0.1) is 21.1 Å². The minimum atomic E-state index is 0.546. The number of hydrogen-bond donors (Lipinski definition) is 1. The van der Waals surface area contributed by atoms with Crippen LogP contribution in [0, 0.1) is 4.77 Å². The van der Waals surface area contributed by atoms with Crippen LogP contribution in [0.3, 0.4) is 0 Å². The third kappa shape index (κ3) is 2.87. The average molecular weight is 321 g/mol. The van der Waals surface area contributed by atoms with Gasteiger partial charge in [-0.1, -0.05) is 30.1 Å². The first-order valence-corrected chi connectivity index (χ1v) is 8.08. The van der Waals surface area contributed by atoms with E-state index in [4.69, 9.17) is 35.4 Å². The van der Waals surface area contributed by atoms with Gasteiger partial charge in [0.2, 0.25) is 0 Å². The molecule has 0 amide bonds. The second-order valence-corrected chi connectivity index (χ2v) is 6.68. The van der Waals surface area contributed by atoms with E-state index in [2.05, 4.69) is 22.7 Å². The van der Waals surface area contributed by atoms with Crippen LogP contribution < -0.4 is 0 Å². The summed E-state index contributed by atoms with van der Waals surface area (Å²) in [5.41, 5.74) is 1.95. The molecule has 2 nitrogen and oxygen atoms in total. The Morgan fingerprint density at radius 2 is 2.06 bits per heavy atom. The quantitative estimate of drug-likeness (QED) is 0.786. The Morgan fingerprint density at radius 3 is 2.72 bits per heavy atom. The molecule has 1 unspecified atom stereocenters. The van der Waals surface area contributed by atoms with Crippen molar-refractivity contribution in [2.24, 2.45) is 0 Å². The second kappa shape index (κ2) is 5.87. The van der Waals surface area contributed by atoms with E-state index in [0.717, 1.165) is 28.8 Å². The fourth-order valence-corrected chi connectivity index (χ4v) is 2.76. The summed E-state index contributed by atoms with van der Waals surface area (Å²) in [6.07, 6.45) is 3.19. The Hall–Kier alpha value is -0.160. The van der Waals surface area contributed by atoms with E-state index in [1.54, 1.807) is 0 Å². The first-order chi connectivity index (χ1) is 8.52. The third-order valence-corrected chi connectivity index (χ3v) is 5.06. The summed E-state index contributed by atoms with van der Waals surface area (Å²) in [7, 11) is 0. The van der Waals surface area contributed by atoms with E-state index in [1.165, 1.54) is 0 Å². The number of imidazole rings is 1. The van der Waals surface area contributed by atoms with Gasteiger partial charge in [-0.2, -0.15) is 11.8 Å². The molecule has 0 saturated heterocycles. The Labute approximate surface area is 126 Å². The van der Waals surface area contributed by atoms with Crippen molar-refractivity contribution in [3.8, 4) is 0 Å². The third-order valence-electron chi connectivity index (χ3n) is 2.98. The number of aromatic nitrogens is 2. The van der Waals surface area contributed by atoms with Crippen molar-refractivity contribution in [2.75, 3.05) is 6.26 Å². The fraction of sp³-hybridized carbons (Fsp3) is 0.417. The zero-order valence-electron chi connectivity index (χ0n) is 10.2. The van der Waals surface area contributed by atoms with E-state index in [-0.39, 0.29) is 0 Å². The predicted molar refractivity (Wildman–Crippen MR) is 84.7 cm³/mol. The van der Waals surface area contributed by atoms with Gasteiger partial charge in [0, 0.05) is 11.8 Å². The lowest BCUT2D eigenvalue weighted by molar-refractivity contribution is 0.648. The van der Waals surface area contributed by atoms with Gasteiger partial charge < -0.3 is 9.55 Å². The number of aryl methyl sites for hydroxylation is 1. The van der Waals surface area contributed by atoms with Gasteiger partial charge in [-0.25, -0.2) is 0 Å². The molecular weight excluding hydrogens is 307 g/mol. The average Bonchev–Trinajstić information content (AvgIpc) is 2.62. The van der Waals surface area contributed by atoms with Crippen LogP contribution in [0.4, 0.5) is 0 Å². The van der Waals surface area contributed by atoms with Crippen molar-refractivity contribution in [2.45, 2.75) is 25.1 Å². The molecule has 98 valence electrons. The zero-order chi connectivity index (χ0) is 13.3. The molecule has 0 aliphatic rings. The summed E-state index contributed by atoms with van der Waals surface area (Å²) >= 11 is 19.3. The largest absolute Gasteiger partial charge is 0.331 e. The van der Waals surface area contributed by atoms with Gasteiger partial charge in [0.1, 0.15) is 0 Å². The van der Waals surface area contributed by atoms with Crippen molar-refractivity contribution < 1.29 is 0 Å². The second-order valence-electron chi connectivity index (χ2n) is 4.20. The minimum Gasteiger partial charge on any atom is -0.331 e. The van der Waals surface area contributed by atoms with Gasteiger partial charge in [0.25, 0.3) is 0 Å². The molecule has 1 N–H and O–H groups in total. The van der Waals surface area contributed by atoms with Gasteiger partial charge in [-0.15, -0.1) is 0 Å².